The zero-order chi connectivity index (χ0) is 20.2. The second-order valence-electron chi connectivity index (χ2n) is 6.60. The molecule has 7 heteroatoms. The van der Waals surface area contributed by atoms with Gasteiger partial charge in [0.15, 0.2) is 5.65 Å². The zero-order valence-corrected chi connectivity index (χ0v) is 15.9. The number of para-hydroxylation sites is 1. The molecule has 2 aromatic carbocycles. The number of esters is 1. The number of carbonyl (C=O) groups is 1. The van der Waals surface area contributed by atoms with Crippen molar-refractivity contribution in [3.05, 3.63) is 88.8 Å². The second-order valence-corrected chi connectivity index (χ2v) is 6.60. The van der Waals surface area contributed by atoms with Gasteiger partial charge in [-0.3, -0.25) is 9.89 Å². The molecule has 0 bridgehead atoms. The Kier molecular flexibility index (Phi) is 5.11. The molecule has 4 rings (SSSR count). The number of H-pyrrole nitrogens is 1. The standard InChI is InChI=1S/C22H20N4O3/c1-25(17-10-6-3-7-11-17)12-13-29-22(28)19-14-20-23-18(15-21(27)26(20)24-19)16-8-4-2-5-9-16/h2-11,14-15,24H,12-13H2,1H3. The minimum atomic E-state index is -0.530. The van der Waals surface area contributed by atoms with Gasteiger partial charge in [0.1, 0.15) is 12.3 Å². The van der Waals surface area contributed by atoms with Crippen molar-refractivity contribution in [3.63, 3.8) is 0 Å². The molecular weight excluding hydrogens is 368 g/mol. The molecule has 2 aromatic heterocycles. The quantitative estimate of drug-likeness (QED) is 0.514. The summed E-state index contributed by atoms with van der Waals surface area (Å²) in [6, 6.07) is 22.2. The number of aromatic amines is 1. The van der Waals surface area contributed by atoms with E-state index in [1.54, 1.807) is 0 Å². The van der Waals surface area contributed by atoms with Crippen LogP contribution in [0.5, 0.6) is 0 Å². The molecule has 146 valence electrons. The fraction of sp³-hybridized carbons (Fsp3) is 0.136. The maximum absolute atomic E-state index is 12.4. The number of likely N-dealkylation sites (N-methyl/N-ethyl adjacent to an activating group) is 1. The number of hydrogen-bond donors (Lipinski definition) is 1. The third-order valence-electron chi connectivity index (χ3n) is 4.60. The Hall–Kier alpha value is -3.87. The van der Waals surface area contributed by atoms with Crippen molar-refractivity contribution < 1.29 is 9.53 Å². The molecule has 4 aromatic rings. The molecule has 7 nitrogen and oxygen atoms in total. The van der Waals surface area contributed by atoms with Gasteiger partial charge in [-0.25, -0.2) is 14.3 Å². The monoisotopic (exact) mass is 388 g/mol. The SMILES string of the molecule is CN(CCOC(=O)c1cc2nc(-c3ccccc3)cc(=O)n2[nH]1)c1ccccc1. The normalized spacial score (nSPS) is 10.8. The Labute approximate surface area is 167 Å². The molecule has 0 saturated carbocycles. The van der Waals surface area contributed by atoms with Crippen LogP contribution in [0.1, 0.15) is 10.5 Å². The van der Waals surface area contributed by atoms with Crippen molar-refractivity contribution in [1.82, 2.24) is 14.6 Å². The molecular formula is C22H20N4O3. The van der Waals surface area contributed by atoms with Gasteiger partial charge >= 0.3 is 5.97 Å². The topological polar surface area (TPSA) is 79.7 Å². The molecule has 0 aliphatic rings. The average Bonchev–Trinajstić information content (AvgIpc) is 3.20. The van der Waals surface area contributed by atoms with Crippen molar-refractivity contribution in [2.24, 2.45) is 0 Å². The summed E-state index contributed by atoms with van der Waals surface area (Å²) in [6.07, 6.45) is 0. The van der Waals surface area contributed by atoms with Gasteiger partial charge in [0.05, 0.1) is 12.2 Å². The number of aromatic nitrogens is 3. The maximum atomic E-state index is 12.4. The van der Waals surface area contributed by atoms with E-state index in [0.29, 0.717) is 17.9 Å². The third kappa shape index (κ3) is 4.03. The summed E-state index contributed by atoms with van der Waals surface area (Å²) in [7, 11) is 1.93. The summed E-state index contributed by atoms with van der Waals surface area (Å²) in [5.41, 5.74) is 2.68. The van der Waals surface area contributed by atoms with Crippen LogP contribution in [0, 0.1) is 0 Å². The number of carbonyl (C=O) groups excluding carboxylic acids is 1. The number of rotatable bonds is 6. The van der Waals surface area contributed by atoms with Crippen LogP contribution in [-0.4, -0.2) is 40.8 Å². The third-order valence-corrected chi connectivity index (χ3v) is 4.60. The predicted octanol–water partition coefficient (Wildman–Crippen LogP) is 2.98. The Morgan fingerprint density at radius 2 is 1.76 bits per heavy atom. The van der Waals surface area contributed by atoms with Crippen molar-refractivity contribution in [3.8, 4) is 11.3 Å². The molecule has 2 heterocycles. The van der Waals surface area contributed by atoms with Gasteiger partial charge in [-0.15, -0.1) is 0 Å². The van der Waals surface area contributed by atoms with E-state index in [1.807, 2.05) is 72.6 Å². The first-order chi connectivity index (χ1) is 14.1. The fourth-order valence-corrected chi connectivity index (χ4v) is 3.02. The van der Waals surface area contributed by atoms with Gasteiger partial charge in [-0.1, -0.05) is 48.5 Å². The van der Waals surface area contributed by atoms with Crippen LogP contribution in [0.25, 0.3) is 16.9 Å². The fourth-order valence-electron chi connectivity index (χ4n) is 3.02. The molecule has 0 fully saturated rings. The molecule has 0 amide bonds. The van der Waals surface area contributed by atoms with Crippen molar-refractivity contribution in [1.29, 1.82) is 0 Å². The first-order valence-corrected chi connectivity index (χ1v) is 9.23. The summed E-state index contributed by atoms with van der Waals surface area (Å²) in [6.45, 7) is 0.767. The Morgan fingerprint density at radius 1 is 1.07 bits per heavy atom. The van der Waals surface area contributed by atoms with Crippen LogP contribution >= 0.6 is 0 Å². The predicted molar refractivity (Wildman–Crippen MR) is 111 cm³/mol. The second kappa shape index (κ2) is 8.02. The summed E-state index contributed by atoms with van der Waals surface area (Å²) in [5.74, 6) is -0.530. The number of fused-ring (bicyclic) bond motifs is 1. The molecule has 0 unspecified atom stereocenters. The molecule has 0 atom stereocenters. The highest BCUT2D eigenvalue weighted by atomic mass is 16.5. The zero-order valence-electron chi connectivity index (χ0n) is 15.9. The summed E-state index contributed by atoms with van der Waals surface area (Å²) in [4.78, 5) is 31.3. The lowest BCUT2D eigenvalue weighted by Gasteiger charge is -2.18. The lowest BCUT2D eigenvalue weighted by Crippen LogP contribution is -2.24. The number of anilines is 1. The molecule has 0 radical (unpaired) electrons. The van der Waals surface area contributed by atoms with E-state index < -0.39 is 5.97 Å². The highest BCUT2D eigenvalue weighted by Gasteiger charge is 2.14. The van der Waals surface area contributed by atoms with Crippen LogP contribution in [0.4, 0.5) is 5.69 Å². The summed E-state index contributed by atoms with van der Waals surface area (Å²) >= 11 is 0. The minimum absolute atomic E-state index is 0.183. The van der Waals surface area contributed by atoms with Gasteiger partial charge in [-0.05, 0) is 12.1 Å². The first kappa shape index (κ1) is 18.5. The molecule has 0 spiro atoms. The van der Waals surface area contributed by atoms with Crippen LogP contribution in [0.2, 0.25) is 0 Å². The average molecular weight is 388 g/mol. The number of hydrogen-bond acceptors (Lipinski definition) is 5. The Balaban J connectivity index is 1.47. The smallest absolute Gasteiger partial charge is 0.356 e. The van der Waals surface area contributed by atoms with E-state index in [9.17, 15) is 9.59 Å². The van der Waals surface area contributed by atoms with E-state index >= 15 is 0 Å². The van der Waals surface area contributed by atoms with Crippen LogP contribution in [0.3, 0.4) is 0 Å². The van der Waals surface area contributed by atoms with E-state index in [-0.39, 0.29) is 17.9 Å². The van der Waals surface area contributed by atoms with Crippen molar-refractivity contribution in [2.45, 2.75) is 0 Å². The van der Waals surface area contributed by atoms with Gasteiger partial charge < -0.3 is 9.64 Å². The molecule has 0 aliphatic heterocycles. The number of nitrogens with one attached hydrogen (secondary N) is 1. The van der Waals surface area contributed by atoms with Gasteiger partial charge in [0, 0.05) is 30.4 Å². The Morgan fingerprint density at radius 3 is 2.48 bits per heavy atom. The number of ether oxygens (including phenoxy) is 1. The van der Waals surface area contributed by atoms with Gasteiger partial charge in [0.2, 0.25) is 0 Å². The molecule has 29 heavy (non-hydrogen) atoms. The highest BCUT2D eigenvalue weighted by molar-refractivity contribution is 5.88. The summed E-state index contributed by atoms with van der Waals surface area (Å²) < 4.78 is 6.58. The van der Waals surface area contributed by atoms with Crippen molar-refractivity contribution >= 4 is 17.3 Å². The van der Waals surface area contributed by atoms with Crippen molar-refractivity contribution in [2.75, 3.05) is 25.1 Å². The van der Waals surface area contributed by atoms with E-state index in [1.165, 1.54) is 16.6 Å². The van der Waals surface area contributed by atoms with E-state index in [0.717, 1.165) is 11.3 Å². The van der Waals surface area contributed by atoms with E-state index in [2.05, 4.69) is 10.1 Å². The molecule has 0 saturated heterocycles. The van der Waals surface area contributed by atoms with E-state index in [4.69, 9.17) is 4.74 Å². The maximum Gasteiger partial charge on any atom is 0.356 e. The minimum Gasteiger partial charge on any atom is -0.459 e. The van der Waals surface area contributed by atoms with Gasteiger partial charge in [-0.2, -0.15) is 0 Å². The number of nitrogens with zero attached hydrogens (tertiary/aromatic N) is 3. The summed E-state index contributed by atoms with van der Waals surface area (Å²) in [5, 5.41) is 2.77. The van der Waals surface area contributed by atoms with Crippen LogP contribution in [0.15, 0.2) is 77.6 Å². The first-order valence-electron chi connectivity index (χ1n) is 9.23. The highest BCUT2D eigenvalue weighted by Crippen LogP contribution is 2.16. The molecule has 0 aliphatic carbocycles. The van der Waals surface area contributed by atoms with Crippen LogP contribution in [-0.2, 0) is 4.74 Å². The van der Waals surface area contributed by atoms with Gasteiger partial charge in [0.25, 0.3) is 5.56 Å². The lowest BCUT2D eigenvalue weighted by molar-refractivity contribution is 0.0509. The number of benzene rings is 2. The lowest BCUT2D eigenvalue weighted by atomic mass is 10.1. The largest absolute Gasteiger partial charge is 0.459 e. The Bertz CT molecular complexity index is 1180. The van der Waals surface area contributed by atoms with Crippen LogP contribution < -0.4 is 10.5 Å². The molecule has 1 N–H and O–H groups in total.